The molecule has 2 heterocycles. The van der Waals surface area contributed by atoms with Crippen LogP contribution in [0.2, 0.25) is 0 Å². The minimum absolute atomic E-state index is 0.0270. The predicted octanol–water partition coefficient (Wildman–Crippen LogP) is 4.35. The number of carbonyl (C=O) groups is 2. The van der Waals surface area contributed by atoms with Gasteiger partial charge < -0.3 is 4.90 Å². The minimum atomic E-state index is -0.101. The lowest BCUT2D eigenvalue weighted by atomic mass is 10.1. The fourth-order valence-corrected chi connectivity index (χ4v) is 4.68. The molecule has 0 aliphatic carbocycles. The molecule has 0 spiro atoms. The van der Waals surface area contributed by atoms with Crippen LogP contribution in [0.25, 0.3) is 6.08 Å². The molecule has 0 saturated carbocycles. The second-order valence-corrected chi connectivity index (χ2v) is 8.24. The number of thioether (sulfide) groups is 1. The summed E-state index contributed by atoms with van der Waals surface area (Å²) in [6.07, 6.45) is 5.01. The van der Waals surface area contributed by atoms with Gasteiger partial charge in [-0.1, -0.05) is 55.1 Å². The third-order valence-corrected chi connectivity index (χ3v) is 6.35. The zero-order valence-corrected chi connectivity index (χ0v) is 16.9. The van der Waals surface area contributed by atoms with Crippen LogP contribution in [0.4, 0.5) is 5.69 Å². The van der Waals surface area contributed by atoms with Crippen LogP contribution in [0.3, 0.4) is 0 Å². The molecule has 2 aromatic carbocycles. The summed E-state index contributed by atoms with van der Waals surface area (Å²) in [6.45, 7) is 3.82. The van der Waals surface area contributed by atoms with E-state index < -0.39 is 0 Å². The molecule has 2 aliphatic rings. The van der Waals surface area contributed by atoms with E-state index in [-0.39, 0.29) is 18.4 Å². The van der Waals surface area contributed by atoms with Crippen molar-refractivity contribution in [2.75, 3.05) is 24.5 Å². The van der Waals surface area contributed by atoms with Crippen LogP contribution < -0.4 is 4.90 Å². The maximum atomic E-state index is 13.2. The summed E-state index contributed by atoms with van der Waals surface area (Å²) in [5.74, 6) is -0.0741. The van der Waals surface area contributed by atoms with Gasteiger partial charge in [-0.3, -0.25) is 14.5 Å². The van der Waals surface area contributed by atoms with E-state index in [0.29, 0.717) is 4.91 Å². The zero-order chi connectivity index (χ0) is 19.5. The number of fused-ring (bicyclic) bond motifs is 1. The molecule has 0 bridgehead atoms. The molecular formula is C23H24N2O2S. The predicted molar refractivity (Wildman–Crippen MR) is 114 cm³/mol. The van der Waals surface area contributed by atoms with E-state index in [1.807, 2.05) is 47.4 Å². The summed E-state index contributed by atoms with van der Waals surface area (Å²) in [5, 5.41) is 0. The number of carbonyl (C=O) groups excluding carboxylic acids is 2. The molecule has 4 nitrogen and oxygen atoms in total. The highest BCUT2D eigenvalue weighted by Crippen LogP contribution is 2.42. The molecule has 28 heavy (non-hydrogen) atoms. The van der Waals surface area contributed by atoms with Gasteiger partial charge in [-0.05, 0) is 48.6 Å². The van der Waals surface area contributed by atoms with E-state index in [1.54, 1.807) is 4.90 Å². The summed E-state index contributed by atoms with van der Waals surface area (Å²) in [7, 11) is 0. The van der Waals surface area contributed by atoms with Gasteiger partial charge in [0.1, 0.15) is 6.54 Å². The fraction of sp³-hybridized carbons (Fsp3) is 0.304. The third kappa shape index (κ3) is 3.85. The third-order valence-electron chi connectivity index (χ3n) is 5.27. The summed E-state index contributed by atoms with van der Waals surface area (Å²) < 4.78 is 0. The Labute approximate surface area is 170 Å². The Bertz CT molecular complexity index is 914. The SMILES string of the molecule is CCc1ccc(C=C2Sc3ccccc3N(CC(=O)N3CCCC3)C2=O)cc1. The molecule has 5 heteroatoms. The topological polar surface area (TPSA) is 40.6 Å². The first-order valence-corrected chi connectivity index (χ1v) is 10.6. The van der Waals surface area contributed by atoms with Crippen molar-refractivity contribution in [1.82, 2.24) is 4.90 Å². The van der Waals surface area contributed by atoms with Crippen LogP contribution in [-0.2, 0) is 16.0 Å². The Kier molecular flexibility index (Phi) is 5.53. The Balaban J connectivity index is 1.63. The second kappa shape index (κ2) is 8.23. The Hall–Kier alpha value is -2.53. The van der Waals surface area contributed by atoms with Crippen molar-refractivity contribution in [1.29, 1.82) is 0 Å². The van der Waals surface area contributed by atoms with Crippen molar-refractivity contribution in [3.63, 3.8) is 0 Å². The number of nitrogens with zero attached hydrogens (tertiary/aromatic N) is 2. The number of amides is 2. The van der Waals surface area contributed by atoms with Crippen LogP contribution in [0.15, 0.2) is 58.3 Å². The number of hydrogen-bond donors (Lipinski definition) is 0. The second-order valence-electron chi connectivity index (χ2n) is 7.15. The summed E-state index contributed by atoms with van der Waals surface area (Å²) in [4.78, 5) is 31.1. The van der Waals surface area contributed by atoms with E-state index in [0.717, 1.165) is 48.5 Å². The fourth-order valence-electron chi connectivity index (χ4n) is 3.62. The standard InChI is InChI=1S/C23H24N2O2S/c1-2-17-9-11-18(12-10-17)15-21-23(27)25(16-22(26)24-13-5-6-14-24)19-7-3-4-8-20(19)28-21/h3-4,7-12,15H,2,5-6,13-14,16H2,1H3. The van der Waals surface area contributed by atoms with Crippen LogP contribution in [0, 0.1) is 0 Å². The molecule has 0 N–H and O–H groups in total. The Morgan fingerprint density at radius 3 is 2.50 bits per heavy atom. The van der Waals surface area contributed by atoms with Gasteiger partial charge in [0.15, 0.2) is 0 Å². The molecule has 1 fully saturated rings. The molecule has 1 saturated heterocycles. The molecule has 4 rings (SSSR count). The first-order valence-electron chi connectivity index (χ1n) is 9.83. The quantitative estimate of drug-likeness (QED) is 0.727. The molecule has 2 aromatic rings. The summed E-state index contributed by atoms with van der Waals surface area (Å²) in [5.41, 5.74) is 3.09. The van der Waals surface area contributed by atoms with Gasteiger partial charge in [0, 0.05) is 18.0 Å². The number of rotatable bonds is 4. The molecule has 0 atom stereocenters. The Morgan fingerprint density at radius 2 is 1.79 bits per heavy atom. The maximum absolute atomic E-state index is 13.2. The molecule has 0 unspecified atom stereocenters. The van der Waals surface area contributed by atoms with Crippen molar-refractivity contribution in [3.05, 3.63) is 64.6 Å². The molecule has 144 valence electrons. The normalized spacial score (nSPS) is 17.9. The highest BCUT2D eigenvalue weighted by molar-refractivity contribution is 8.04. The number of benzene rings is 2. The monoisotopic (exact) mass is 392 g/mol. The van der Waals surface area contributed by atoms with E-state index in [9.17, 15) is 9.59 Å². The van der Waals surface area contributed by atoms with Gasteiger partial charge in [0.25, 0.3) is 5.91 Å². The first kappa shape index (κ1) is 18.8. The highest BCUT2D eigenvalue weighted by Gasteiger charge is 2.32. The Morgan fingerprint density at radius 1 is 1.07 bits per heavy atom. The van der Waals surface area contributed by atoms with Crippen molar-refractivity contribution < 1.29 is 9.59 Å². The van der Waals surface area contributed by atoms with Gasteiger partial charge in [-0.15, -0.1) is 0 Å². The van der Waals surface area contributed by atoms with E-state index in [1.165, 1.54) is 17.3 Å². The van der Waals surface area contributed by atoms with Crippen molar-refractivity contribution in [3.8, 4) is 0 Å². The van der Waals surface area contributed by atoms with Crippen molar-refractivity contribution in [2.45, 2.75) is 31.1 Å². The average molecular weight is 393 g/mol. The molecule has 0 radical (unpaired) electrons. The van der Waals surface area contributed by atoms with E-state index >= 15 is 0 Å². The van der Waals surface area contributed by atoms with Gasteiger partial charge in [-0.2, -0.15) is 0 Å². The summed E-state index contributed by atoms with van der Waals surface area (Å²) >= 11 is 1.48. The van der Waals surface area contributed by atoms with E-state index in [4.69, 9.17) is 0 Å². The summed E-state index contributed by atoms with van der Waals surface area (Å²) in [6, 6.07) is 16.1. The zero-order valence-electron chi connectivity index (χ0n) is 16.1. The highest BCUT2D eigenvalue weighted by atomic mass is 32.2. The van der Waals surface area contributed by atoms with Crippen LogP contribution in [0.1, 0.15) is 30.9 Å². The van der Waals surface area contributed by atoms with Gasteiger partial charge >= 0.3 is 0 Å². The number of likely N-dealkylation sites (tertiary alicyclic amines) is 1. The minimum Gasteiger partial charge on any atom is -0.341 e. The van der Waals surface area contributed by atoms with E-state index in [2.05, 4.69) is 19.1 Å². The van der Waals surface area contributed by atoms with Gasteiger partial charge in [0.05, 0.1) is 10.6 Å². The first-order chi connectivity index (χ1) is 13.7. The maximum Gasteiger partial charge on any atom is 0.265 e. The van der Waals surface area contributed by atoms with Crippen LogP contribution >= 0.6 is 11.8 Å². The number of anilines is 1. The van der Waals surface area contributed by atoms with Crippen LogP contribution in [0.5, 0.6) is 0 Å². The van der Waals surface area contributed by atoms with Crippen LogP contribution in [-0.4, -0.2) is 36.3 Å². The number of hydrogen-bond acceptors (Lipinski definition) is 3. The molecule has 2 aliphatic heterocycles. The smallest absolute Gasteiger partial charge is 0.265 e. The number of aryl methyl sites for hydroxylation is 1. The lowest BCUT2D eigenvalue weighted by Gasteiger charge is -2.31. The van der Waals surface area contributed by atoms with Crippen molar-refractivity contribution in [2.24, 2.45) is 0 Å². The van der Waals surface area contributed by atoms with Gasteiger partial charge in [0.2, 0.25) is 5.91 Å². The van der Waals surface area contributed by atoms with Crippen molar-refractivity contribution >= 4 is 35.3 Å². The molecule has 2 amide bonds. The molecular weight excluding hydrogens is 368 g/mol. The van der Waals surface area contributed by atoms with Gasteiger partial charge in [-0.25, -0.2) is 0 Å². The number of para-hydroxylation sites is 1. The average Bonchev–Trinajstić information content (AvgIpc) is 3.26. The molecule has 0 aromatic heterocycles. The largest absolute Gasteiger partial charge is 0.341 e. The lowest BCUT2D eigenvalue weighted by molar-refractivity contribution is -0.130. The lowest BCUT2D eigenvalue weighted by Crippen LogP contribution is -2.43.